The summed E-state index contributed by atoms with van der Waals surface area (Å²) in [7, 11) is 0. The van der Waals surface area contributed by atoms with E-state index in [0.29, 0.717) is 34.3 Å². The SMILES string of the molecule is CCOc1ccc(N=Nc2ccc(C#Cc3c(F)cc4cc(CC)ccc4c3F)cc2)cc1. The lowest BCUT2D eigenvalue weighted by Gasteiger charge is -2.05. The maximum absolute atomic E-state index is 14.9. The summed E-state index contributed by atoms with van der Waals surface area (Å²) in [6, 6.07) is 21.0. The molecule has 0 aliphatic rings. The molecule has 0 spiro atoms. The van der Waals surface area contributed by atoms with E-state index in [2.05, 4.69) is 22.1 Å². The first-order valence-corrected chi connectivity index (χ1v) is 10.7. The number of benzene rings is 4. The van der Waals surface area contributed by atoms with Gasteiger partial charge in [-0.3, -0.25) is 0 Å². The van der Waals surface area contributed by atoms with Crippen LogP contribution in [0.15, 0.2) is 83.0 Å². The van der Waals surface area contributed by atoms with E-state index in [-0.39, 0.29) is 5.56 Å². The number of ether oxygens (including phenoxy) is 1. The largest absolute Gasteiger partial charge is 0.494 e. The normalized spacial score (nSPS) is 10.9. The van der Waals surface area contributed by atoms with Gasteiger partial charge in [0.25, 0.3) is 0 Å². The van der Waals surface area contributed by atoms with Crippen molar-refractivity contribution < 1.29 is 13.5 Å². The standard InChI is InChI=1S/C28H22F2N2O/c1-3-19-7-15-25-21(17-19)18-27(29)26(28(25)30)16-8-20-5-9-22(10-6-20)31-32-23-11-13-24(14-12-23)33-4-2/h5-7,9-15,17-18H,3-4H2,1-2H3. The number of hydrogen-bond acceptors (Lipinski definition) is 3. The van der Waals surface area contributed by atoms with Crippen molar-refractivity contribution in [1.82, 2.24) is 0 Å². The fraction of sp³-hybridized carbons (Fsp3) is 0.143. The van der Waals surface area contributed by atoms with Crippen LogP contribution in [0.2, 0.25) is 0 Å². The van der Waals surface area contributed by atoms with Crippen molar-refractivity contribution >= 4 is 22.1 Å². The topological polar surface area (TPSA) is 34.0 Å². The van der Waals surface area contributed by atoms with Crippen LogP contribution >= 0.6 is 0 Å². The lowest BCUT2D eigenvalue weighted by Crippen LogP contribution is -1.93. The predicted molar refractivity (Wildman–Crippen MR) is 127 cm³/mol. The van der Waals surface area contributed by atoms with Gasteiger partial charge < -0.3 is 4.74 Å². The summed E-state index contributed by atoms with van der Waals surface area (Å²) in [5.74, 6) is 4.96. The summed E-state index contributed by atoms with van der Waals surface area (Å²) in [5, 5.41) is 9.31. The molecule has 4 aromatic rings. The van der Waals surface area contributed by atoms with Gasteiger partial charge in [0.05, 0.1) is 23.5 Å². The second kappa shape index (κ2) is 10.1. The van der Waals surface area contributed by atoms with Crippen LogP contribution in [-0.2, 0) is 6.42 Å². The number of aryl methyl sites for hydroxylation is 1. The van der Waals surface area contributed by atoms with E-state index in [9.17, 15) is 8.78 Å². The lowest BCUT2D eigenvalue weighted by molar-refractivity contribution is 0.340. The average molecular weight is 440 g/mol. The molecule has 0 saturated heterocycles. The molecule has 4 rings (SSSR count). The highest BCUT2D eigenvalue weighted by atomic mass is 19.1. The number of azo groups is 1. The van der Waals surface area contributed by atoms with Gasteiger partial charge in [0.1, 0.15) is 17.4 Å². The Hall–Kier alpha value is -4.04. The van der Waals surface area contributed by atoms with Gasteiger partial charge in [-0.1, -0.05) is 37.0 Å². The fourth-order valence-corrected chi connectivity index (χ4v) is 3.35. The molecule has 0 unspecified atom stereocenters. The Kier molecular flexibility index (Phi) is 6.75. The molecule has 0 fully saturated rings. The quantitative estimate of drug-likeness (QED) is 0.229. The van der Waals surface area contributed by atoms with Gasteiger partial charge in [0.2, 0.25) is 0 Å². The Morgan fingerprint density at radius 1 is 0.788 bits per heavy atom. The summed E-state index contributed by atoms with van der Waals surface area (Å²) < 4.78 is 34.8. The second-order valence-electron chi connectivity index (χ2n) is 7.38. The van der Waals surface area contributed by atoms with E-state index in [1.807, 2.05) is 44.2 Å². The molecule has 0 aliphatic heterocycles. The van der Waals surface area contributed by atoms with E-state index < -0.39 is 11.6 Å². The molecular formula is C28H22F2N2O. The summed E-state index contributed by atoms with van der Waals surface area (Å²) in [5.41, 5.74) is 2.76. The van der Waals surface area contributed by atoms with Crippen molar-refractivity contribution in [3.8, 4) is 17.6 Å². The van der Waals surface area contributed by atoms with E-state index in [0.717, 1.165) is 17.7 Å². The second-order valence-corrected chi connectivity index (χ2v) is 7.38. The summed E-state index contributed by atoms with van der Waals surface area (Å²) in [6.07, 6.45) is 0.802. The number of halogens is 2. The number of hydrogen-bond donors (Lipinski definition) is 0. The smallest absolute Gasteiger partial charge is 0.149 e. The highest BCUT2D eigenvalue weighted by molar-refractivity contribution is 5.85. The zero-order valence-electron chi connectivity index (χ0n) is 18.4. The molecule has 4 aromatic carbocycles. The molecule has 0 atom stereocenters. The van der Waals surface area contributed by atoms with Crippen LogP contribution in [0.5, 0.6) is 5.75 Å². The van der Waals surface area contributed by atoms with Crippen LogP contribution < -0.4 is 4.74 Å². The Balaban J connectivity index is 1.52. The molecule has 0 aromatic heterocycles. The van der Waals surface area contributed by atoms with Crippen LogP contribution in [0.25, 0.3) is 10.8 Å². The summed E-state index contributed by atoms with van der Waals surface area (Å²) >= 11 is 0. The molecule has 5 heteroatoms. The molecule has 3 nitrogen and oxygen atoms in total. The summed E-state index contributed by atoms with van der Waals surface area (Å²) in [6.45, 7) is 4.54. The van der Waals surface area contributed by atoms with E-state index in [1.165, 1.54) is 6.07 Å². The molecule has 0 amide bonds. The van der Waals surface area contributed by atoms with E-state index in [1.54, 1.807) is 36.4 Å². The van der Waals surface area contributed by atoms with Crippen LogP contribution in [0, 0.1) is 23.5 Å². The molecule has 0 saturated carbocycles. The minimum atomic E-state index is -0.665. The lowest BCUT2D eigenvalue weighted by atomic mass is 10.0. The van der Waals surface area contributed by atoms with Crippen molar-refractivity contribution in [2.45, 2.75) is 20.3 Å². The first kappa shape index (κ1) is 22.2. The monoisotopic (exact) mass is 440 g/mol. The van der Waals surface area contributed by atoms with Gasteiger partial charge in [0.15, 0.2) is 0 Å². The third-order valence-electron chi connectivity index (χ3n) is 5.13. The maximum atomic E-state index is 14.9. The van der Waals surface area contributed by atoms with Crippen molar-refractivity contribution in [1.29, 1.82) is 0 Å². The van der Waals surface area contributed by atoms with Crippen molar-refractivity contribution in [3.63, 3.8) is 0 Å². The molecule has 0 radical (unpaired) electrons. The first-order valence-electron chi connectivity index (χ1n) is 10.7. The maximum Gasteiger partial charge on any atom is 0.149 e. The van der Waals surface area contributed by atoms with Crippen molar-refractivity contribution in [2.75, 3.05) is 6.61 Å². The van der Waals surface area contributed by atoms with Crippen molar-refractivity contribution in [2.24, 2.45) is 10.2 Å². The fourth-order valence-electron chi connectivity index (χ4n) is 3.35. The van der Waals surface area contributed by atoms with Gasteiger partial charge in [-0.2, -0.15) is 10.2 Å². The van der Waals surface area contributed by atoms with Gasteiger partial charge in [0, 0.05) is 10.9 Å². The highest BCUT2D eigenvalue weighted by Crippen LogP contribution is 2.25. The zero-order chi connectivity index (χ0) is 23.2. The number of nitrogens with zero attached hydrogens (tertiary/aromatic N) is 2. The van der Waals surface area contributed by atoms with E-state index >= 15 is 0 Å². The highest BCUT2D eigenvalue weighted by Gasteiger charge is 2.12. The van der Waals surface area contributed by atoms with Gasteiger partial charge in [-0.15, -0.1) is 0 Å². The number of rotatable bonds is 5. The number of fused-ring (bicyclic) bond motifs is 1. The van der Waals surface area contributed by atoms with Crippen LogP contribution in [0.4, 0.5) is 20.2 Å². The zero-order valence-corrected chi connectivity index (χ0v) is 18.4. The Labute approximate surface area is 191 Å². The third-order valence-corrected chi connectivity index (χ3v) is 5.13. The van der Waals surface area contributed by atoms with Crippen LogP contribution in [0.1, 0.15) is 30.5 Å². The van der Waals surface area contributed by atoms with E-state index in [4.69, 9.17) is 4.74 Å². The molecular weight excluding hydrogens is 418 g/mol. The minimum absolute atomic E-state index is 0.231. The van der Waals surface area contributed by atoms with Gasteiger partial charge >= 0.3 is 0 Å². The first-order chi connectivity index (χ1) is 16.1. The molecule has 0 aliphatic carbocycles. The average Bonchev–Trinajstić information content (AvgIpc) is 2.84. The predicted octanol–water partition coefficient (Wildman–Crippen LogP) is 7.89. The van der Waals surface area contributed by atoms with Crippen LogP contribution in [-0.4, -0.2) is 6.61 Å². The molecule has 0 heterocycles. The minimum Gasteiger partial charge on any atom is -0.494 e. The molecule has 33 heavy (non-hydrogen) atoms. The molecule has 0 bridgehead atoms. The molecule has 0 N–H and O–H groups in total. The van der Waals surface area contributed by atoms with Gasteiger partial charge in [-0.05, 0) is 78.9 Å². The molecule has 164 valence electrons. The Morgan fingerprint density at radius 2 is 1.45 bits per heavy atom. The van der Waals surface area contributed by atoms with Gasteiger partial charge in [-0.25, -0.2) is 8.78 Å². The summed E-state index contributed by atoms with van der Waals surface area (Å²) in [4.78, 5) is 0. The Bertz CT molecular complexity index is 1370. The van der Waals surface area contributed by atoms with Crippen molar-refractivity contribution in [3.05, 3.63) is 101 Å². The van der Waals surface area contributed by atoms with Crippen LogP contribution in [0.3, 0.4) is 0 Å². The third kappa shape index (κ3) is 5.24. The Morgan fingerprint density at radius 3 is 2.09 bits per heavy atom.